The first kappa shape index (κ1) is 15.9. The van der Waals surface area contributed by atoms with Crippen molar-refractivity contribution in [3.05, 3.63) is 46.0 Å². The van der Waals surface area contributed by atoms with E-state index in [2.05, 4.69) is 20.3 Å². The predicted molar refractivity (Wildman–Crippen MR) is 91.5 cm³/mol. The van der Waals surface area contributed by atoms with Gasteiger partial charge in [-0.25, -0.2) is 14.8 Å². The third-order valence-electron chi connectivity index (χ3n) is 3.29. The summed E-state index contributed by atoms with van der Waals surface area (Å²) in [6.45, 7) is 0.176. The number of aromatic amines is 1. The Hall–Kier alpha value is -2.94. The van der Waals surface area contributed by atoms with Crippen molar-refractivity contribution >= 4 is 33.3 Å². The summed E-state index contributed by atoms with van der Waals surface area (Å²) in [6, 6.07) is 4.72. The number of H-pyrrole nitrogens is 1. The van der Waals surface area contributed by atoms with Crippen LogP contribution in [-0.4, -0.2) is 40.0 Å². The molecule has 0 aliphatic heterocycles. The van der Waals surface area contributed by atoms with E-state index >= 15 is 0 Å². The van der Waals surface area contributed by atoms with E-state index in [1.54, 1.807) is 25.2 Å². The molecule has 3 aromatic heterocycles. The third kappa shape index (κ3) is 3.35. The first-order valence-corrected chi connectivity index (χ1v) is 7.93. The number of pyridine rings is 1. The minimum Gasteiger partial charge on any atom is -0.481 e. The molecule has 0 radical (unpaired) electrons. The number of thiophene rings is 1. The Labute approximate surface area is 141 Å². The lowest BCUT2D eigenvalue weighted by Crippen LogP contribution is -2.32. The van der Waals surface area contributed by atoms with E-state index in [4.69, 9.17) is 4.74 Å². The van der Waals surface area contributed by atoms with Crippen molar-refractivity contribution in [1.29, 1.82) is 0 Å². The van der Waals surface area contributed by atoms with Crippen molar-refractivity contribution in [2.75, 3.05) is 19.5 Å². The summed E-state index contributed by atoms with van der Waals surface area (Å²) in [7, 11) is 3.12. The molecule has 0 aliphatic rings. The molecule has 0 saturated carbocycles. The Bertz CT molecular complexity index is 936. The van der Waals surface area contributed by atoms with E-state index in [9.17, 15) is 9.59 Å². The van der Waals surface area contributed by atoms with Gasteiger partial charge in [-0.2, -0.15) is 0 Å². The zero-order chi connectivity index (χ0) is 17.1. The summed E-state index contributed by atoms with van der Waals surface area (Å²) < 4.78 is 5.59. The second kappa shape index (κ2) is 6.67. The standard InChI is InChI=1S/C15H15N5O3S/c1-20(15(22)17-9-3-5-16-12(7-9)23-2)8-11-18-10-4-6-24-13(10)14(21)19-11/h3-7H,8H2,1-2H3,(H,16,17,22)(H,18,19,21). The minimum absolute atomic E-state index is 0.176. The Balaban J connectivity index is 1.71. The van der Waals surface area contributed by atoms with Gasteiger partial charge in [-0.3, -0.25) is 4.79 Å². The van der Waals surface area contributed by atoms with E-state index in [1.807, 2.05) is 5.38 Å². The van der Waals surface area contributed by atoms with E-state index in [-0.39, 0.29) is 18.1 Å². The van der Waals surface area contributed by atoms with Crippen LogP contribution in [0.15, 0.2) is 34.6 Å². The number of amides is 2. The van der Waals surface area contributed by atoms with Gasteiger partial charge in [-0.1, -0.05) is 0 Å². The zero-order valence-corrected chi connectivity index (χ0v) is 13.9. The number of nitrogens with zero attached hydrogens (tertiary/aromatic N) is 3. The highest BCUT2D eigenvalue weighted by atomic mass is 32.1. The average Bonchev–Trinajstić information content (AvgIpc) is 3.04. The van der Waals surface area contributed by atoms with Crippen LogP contribution in [0.25, 0.3) is 10.2 Å². The molecule has 0 aliphatic carbocycles. The molecular formula is C15H15N5O3S. The third-order valence-corrected chi connectivity index (χ3v) is 4.20. The molecule has 0 saturated heterocycles. The quantitative estimate of drug-likeness (QED) is 0.754. The fraction of sp³-hybridized carbons (Fsp3) is 0.200. The SMILES string of the molecule is COc1cc(NC(=O)N(C)Cc2nc3ccsc3c(=O)[nH]2)ccn1. The van der Waals surface area contributed by atoms with Crippen LogP contribution in [0.4, 0.5) is 10.5 Å². The minimum atomic E-state index is -0.337. The second-order valence-corrected chi connectivity index (χ2v) is 5.94. The van der Waals surface area contributed by atoms with Gasteiger partial charge >= 0.3 is 6.03 Å². The molecular weight excluding hydrogens is 330 g/mol. The van der Waals surface area contributed by atoms with Crippen LogP contribution < -0.4 is 15.6 Å². The topological polar surface area (TPSA) is 100 Å². The maximum Gasteiger partial charge on any atom is 0.321 e. The summed E-state index contributed by atoms with van der Waals surface area (Å²) >= 11 is 1.34. The summed E-state index contributed by atoms with van der Waals surface area (Å²) in [6.07, 6.45) is 1.54. The fourth-order valence-corrected chi connectivity index (χ4v) is 2.84. The van der Waals surface area contributed by atoms with Crippen molar-refractivity contribution in [2.45, 2.75) is 6.54 Å². The Morgan fingerprint density at radius 3 is 3.08 bits per heavy atom. The zero-order valence-electron chi connectivity index (χ0n) is 13.1. The molecule has 0 fully saturated rings. The molecule has 2 N–H and O–H groups in total. The van der Waals surface area contributed by atoms with Gasteiger partial charge in [-0.15, -0.1) is 11.3 Å². The largest absolute Gasteiger partial charge is 0.481 e. The molecule has 0 spiro atoms. The van der Waals surface area contributed by atoms with E-state index in [0.717, 1.165) is 0 Å². The number of hydrogen-bond donors (Lipinski definition) is 2. The maximum absolute atomic E-state index is 12.3. The number of aromatic nitrogens is 3. The molecule has 0 bridgehead atoms. The summed E-state index contributed by atoms with van der Waals surface area (Å²) in [5.41, 5.74) is 0.998. The molecule has 2 amide bonds. The molecule has 0 unspecified atom stereocenters. The number of anilines is 1. The van der Waals surface area contributed by atoms with Crippen molar-refractivity contribution in [2.24, 2.45) is 0 Å². The number of fused-ring (bicyclic) bond motifs is 1. The summed E-state index contributed by atoms with van der Waals surface area (Å²) in [5.74, 6) is 0.834. The first-order valence-electron chi connectivity index (χ1n) is 7.05. The highest BCUT2D eigenvalue weighted by molar-refractivity contribution is 7.17. The van der Waals surface area contributed by atoms with Crippen LogP contribution in [0.1, 0.15) is 5.82 Å². The monoisotopic (exact) mass is 345 g/mol. The lowest BCUT2D eigenvalue weighted by atomic mass is 10.4. The van der Waals surface area contributed by atoms with Gasteiger partial charge in [-0.05, 0) is 17.5 Å². The predicted octanol–water partition coefficient (Wildman–Crippen LogP) is 2.05. The van der Waals surface area contributed by atoms with Crippen molar-refractivity contribution in [3.8, 4) is 5.88 Å². The van der Waals surface area contributed by atoms with Gasteiger partial charge in [0.2, 0.25) is 5.88 Å². The van der Waals surface area contributed by atoms with Gasteiger partial charge in [0.25, 0.3) is 5.56 Å². The van der Waals surface area contributed by atoms with Gasteiger partial charge in [0, 0.05) is 25.0 Å². The smallest absolute Gasteiger partial charge is 0.321 e. The average molecular weight is 345 g/mol. The molecule has 0 aromatic carbocycles. The molecule has 8 nitrogen and oxygen atoms in total. The number of methoxy groups -OCH3 is 1. The highest BCUT2D eigenvalue weighted by Gasteiger charge is 2.13. The number of ether oxygens (including phenoxy) is 1. The van der Waals surface area contributed by atoms with Gasteiger partial charge < -0.3 is 19.9 Å². The Morgan fingerprint density at radius 1 is 1.46 bits per heavy atom. The molecule has 3 aromatic rings. The van der Waals surface area contributed by atoms with Crippen LogP contribution in [0.5, 0.6) is 5.88 Å². The van der Waals surface area contributed by atoms with E-state index < -0.39 is 0 Å². The summed E-state index contributed by atoms with van der Waals surface area (Å²) in [5, 5.41) is 4.54. The Kier molecular flexibility index (Phi) is 4.43. The van der Waals surface area contributed by atoms with E-state index in [0.29, 0.717) is 27.6 Å². The second-order valence-electron chi connectivity index (χ2n) is 5.02. The lowest BCUT2D eigenvalue weighted by Gasteiger charge is -2.17. The van der Waals surface area contributed by atoms with Crippen molar-refractivity contribution < 1.29 is 9.53 Å². The number of carbonyl (C=O) groups excluding carboxylic acids is 1. The number of hydrogen-bond acceptors (Lipinski definition) is 6. The number of carbonyl (C=O) groups is 1. The van der Waals surface area contributed by atoms with Crippen molar-refractivity contribution in [3.63, 3.8) is 0 Å². The molecule has 3 heterocycles. The van der Waals surface area contributed by atoms with Crippen molar-refractivity contribution in [1.82, 2.24) is 19.9 Å². The number of urea groups is 1. The van der Waals surface area contributed by atoms with Crippen LogP contribution in [0.2, 0.25) is 0 Å². The lowest BCUT2D eigenvalue weighted by molar-refractivity contribution is 0.219. The van der Waals surface area contributed by atoms with E-state index in [1.165, 1.54) is 29.5 Å². The fourth-order valence-electron chi connectivity index (χ4n) is 2.11. The summed E-state index contributed by atoms with van der Waals surface area (Å²) in [4.78, 5) is 36.6. The van der Waals surface area contributed by atoms with Crippen LogP contribution >= 0.6 is 11.3 Å². The van der Waals surface area contributed by atoms with Gasteiger partial charge in [0.1, 0.15) is 10.5 Å². The van der Waals surface area contributed by atoms with Crippen LogP contribution in [-0.2, 0) is 6.54 Å². The molecule has 24 heavy (non-hydrogen) atoms. The van der Waals surface area contributed by atoms with Gasteiger partial charge in [0.05, 0.1) is 19.2 Å². The normalized spacial score (nSPS) is 10.6. The Morgan fingerprint density at radius 2 is 2.29 bits per heavy atom. The van der Waals surface area contributed by atoms with Gasteiger partial charge in [0.15, 0.2) is 0 Å². The molecule has 0 atom stereocenters. The molecule has 3 rings (SSSR count). The van der Waals surface area contributed by atoms with Crippen LogP contribution in [0.3, 0.4) is 0 Å². The first-order chi connectivity index (χ1) is 11.6. The highest BCUT2D eigenvalue weighted by Crippen LogP contribution is 2.15. The number of nitrogens with one attached hydrogen (secondary N) is 2. The maximum atomic E-state index is 12.3. The van der Waals surface area contributed by atoms with Crippen LogP contribution in [0, 0.1) is 0 Å². The molecule has 9 heteroatoms. The number of rotatable bonds is 4. The molecule has 124 valence electrons.